The van der Waals surface area contributed by atoms with Crippen LogP contribution in [0, 0.1) is 0 Å². The van der Waals surface area contributed by atoms with E-state index in [0.717, 1.165) is 0 Å². The third kappa shape index (κ3) is 3.21. The van der Waals surface area contributed by atoms with E-state index in [4.69, 9.17) is 17.0 Å². The van der Waals surface area contributed by atoms with Gasteiger partial charge < -0.3 is 14.8 Å². The zero-order chi connectivity index (χ0) is 14.7. The Morgan fingerprint density at radius 2 is 2.05 bits per heavy atom. The van der Waals surface area contributed by atoms with E-state index >= 15 is 0 Å². The molecule has 1 aromatic rings. The van der Waals surface area contributed by atoms with E-state index in [1.54, 1.807) is 0 Å². The molecule has 1 heterocycles. The lowest BCUT2D eigenvalue weighted by atomic mass is 10.1. The van der Waals surface area contributed by atoms with Gasteiger partial charge in [-0.2, -0.15) is 8.78 Å². The lowest BCUT2D eigenvalue weighted by molar-refractivity contribution is -0.115. The van der Waals surface area contributed by atoms with Crippen LogP contribution in [-0.4, -0.2) is 24.7 Å². The monoisotopic (exact) mass is 300 g/mol. The second kappa shape index (κ2) is 5.83. The molecule has 0 atom stereocenters. The van der Waals surface area contributed by atoms with Crippen molar-refractivity contribution < 1.29 is 23.0 Å². The molecule has 1 aliphatic heterocycles. The van der Waals surface area contributed by atoms with Crippen molar-refractivity contribution >= 4 is 29.3 Å². The summed E-state index contributed by atoms with van der Waals surface area (Å²) in [6.45, 7) is -2.94. The van der Waals surface area contributed by atoms with Crippen LogP contribution in [0.5, 0.6) is 11.5 Å². The van der Waals surface area contributed by atoms with Crippen molar-refractivity contribution in [1.82, 2.24) is 10.6 Å². The molecule has 0 aromatic heterocycles. The number of rotatable bonds is 4. The van der Waals surface area contributed by atoms with E-state index in [-0.39, 0.29) is 28.2 Å². The number of alkyl halides is 2. The number of ether oxygens (including phenoxy) is 2. The third-order valence-corrected chi connectivity index (χ3v) is 2.64. The van der Waals surface area contributed by atoms with Crippen molar-refractivity contribution in [1.29, 1.82) is 0 Å². The molecule has 1 aromatic carbocycles. The van der Waals surface area contributed by atoms with Crippen LogP contribution in [0.2, 0.25) is 0 Å². The number of amides is 1. The van der Waals surface area contributed by atoms with Gasteiger partial charge in [-0.3, -0.25) is 10.1 Å². The molecule has 1 fully saturated rings. The highest BCUT2D eigenvalue weighted by atomic mass is 32.1. The number of hydrogen-bond acceptors (Lipinski definition) is 4. The zero-order valence-electron chi connectivity index (χ0n) is 10.3. The average molecular weight is 300 g/mol. The summed E-state index contributed by atoms with van der Waals surface area (Å²) in [6.07, 6.45) is 1.52. The van der Waals surface area contributed by atoms with Gasteiger partial charge in [0.2, 0.25) is 0 Å². The first-order valence-electron chi connectivity index (χ1n) is 5.46. The highest BCUT2D eigenvalue weighted by molar-refractivity contribution is 7.80. The predicted molar refractivity (Wildman–Crippen MR) is 71.5 cm³/mol. The van der Waals surface area contributed by atoms with Crippen molar-refractivity contribution in [3.63, 3.8) is 0 Å². The molecule has 0 spiro atoms. The first kappa shape index (κ1) is 14.2. The normalized spacial score (nSPS) is 16.3. The van der Waals surface area contributed by atoms with Crippen molar-refractivity contribution in [2.45, 2.75) is 6.61 Å². The van der Waals surface area contributed by atoms with Gasteiger partial charge in [-0.15, -0.1) is 0 Å². The van der Waals surface area contributed by atoms with Crippen molar-refractivity contribution in [2.24, 2.45) is 0 Å². The Kier molecular flexibility index (Phi) is 4.14. The summed E-state index contributed by atoms with van der Waals surface area (Å²) in [4.78, 5) is 11.5. The summed E-state index contributed by atoms with van der Waals surface area (Å²) in [5, 5.41) is 5.30. The van der Waals surface area contributed by atoms with Crippen molar-refractivity contribution in [3.05, 3.63) is 29.5 Å². The topological polar surface area (TPSA) is 59.6 Å². The van der Waals surface area contributed by atoms with Crippen LogP contribution < -0.4 is 20.1 Å². The first-order valence-corrected chi connectivity index (χ1v) is 5.87. The number of thiocarbonyl (C=S) groups is 1. The molecular weight excluding hydrogens is 290 g/mol. The fourth-order valence-corrected chi connectivity index (χ4v) is 1.82. The number of hydrogen-bond donors (Lipinski definition) is 2. The quantitative estimate of drug-likeness (QED) is 0.654. The average Bonchev–Trinajstić information content (AvgIpc) is 2.69. The number of benzene rings is 1. The van der Waals surface area contributed by atoms with E-state index in [9.17, 15) is 13.6 Å². The second-order valence-corrected chi connectivity index (χ2v) is 4.16. The Balaban J connectivity index is 2.28. The van der Waals surface area contributed by atoms with Gasteiger partial charge in [0.15, 0.2) is 16.6 Å². The molecule has 0 aliphatic carbocycles. The van der Waals surface area contributed by atoms with Gasteiger partial charge in [-0.1, -0.05) is 6.07 Å². The van der Waals surface area contributed by atoms with Gasteiger partial charge >= 0.3 is 6.61 Å². The molecule has 0 unspecified atom stereocenters. The lowest BCUT2D eigenvalue weighted by Gasteiger charge is -2.10. The van der Waals surface area contributed by atoms with Crippen LogP contribution >= 0.6 is 12.2 Å². The number of methoxy groups -OCH3 is 1. The molecule has 8 heteroatoms. The van der Waals surface area contributed by atoms with Crippen LogP contribution in [0.15, 0.2) is 23.9 Å². The first-order chi connectivity index (χ1) is 9.49. The third-order valence-electron chi connectivity index (χ3n) is 2.43. The largest absolute Gasteiger partial charge is 0.493 e. The van der Waals surface area contributed by atoms with Gasteiger partial charge in [0, 0.05) is 0 Å². The molecule has 1 amide bonds. The fourth-order valence-electron chi connectivity index (χ4n) is 1.62. The smallest absolute Gasteiger partial charge is 0.387 e. The number of carbonyl (C=O) groups excluding carboxylic acids is 1. The fraction of sp³-hybridized carbons (Fsp3) is 0.167. The minimum absolute atomic E-state index is 0.0796. The van der Waals surface area contributed by atoms with Crippen LogP contribution in [0.1, 0.15) is 5.56 Å². The summed E-state index contributed by atoms with van der Waals surface area (Å²) >= 11 is 4.79. The van der Waals surface area contributed by atoms with Gasteiger partial charge in [-0.25, -0.2) is 0 Å². The number of carbonyl (C=O) groups is 1. The van der Waals surface area contributed by atoms with Crippen LogP contribution in [0.4, 0.5) is 8.78 Å². The molecule has 2 N–H and O–H groups in total. The number of halogens is 2. The maximum absolute atomic E-state index is 12.2. The van der Waals surface area contributed by atoms with Crippen LogP contribution in [0.3, 0.4) is 0 Å². The van der Waals surface area contributed by atoms with E-state index in [2.05, 4.69) is 15.4 Å². The predicted octanol–water partition coefficient (Wildman–Crippen LogP) is 1.64. The van der Waals surface area contributed by atoms with Gasteiger partial charge in [0.05, 0.1) is 7.11 Å². The lowest BCUT2D eigenvalue weighted by Crippen LogP contribution is -2.21. The molecular formula is C12H10F2N2O3S. The summed E-state index contributed by atoms with van der Waals surface area (Å²) in [7, 11) is 1.33. The van der Waals surface area contributed by atoms with Crippen LogP contribution in [-0.2, 0) is 4.79 Å². The molecule has 2 rings (SSSR count). The Morgan fingerprint density at radius 3 is 2.60 bits per heavy atom. The standard InChI is InChI=1S/C12H10F2N2O3S/c1-18-9-5-6(2-3-8(9)19-11(13)14)4-7-10(17)16-12(20)15-7/h2-5,11H,1H3,(H2,15,16,17,20). The Labute approximate surface area is 118 Å². The second-order valence-electron chi connectivity index (χ2n) is 3.76. The van der Waals surface area contributed by atoms with Crippen LogP contribution in [0.25, 0.3) is 6.08 Å². The molecule has 1 saturated heterocycles. The van der Waals surface area contributed by atoms with Crippen molar-refractivity contribution in [2.75, 3.05) is 7.11 Å². The molecule has 20 heavy (non-hydrogen) atoms. The van der Waals surface area contributed by atoms with Gasteiger partial charge in [0.1, 0.15) is 5.70 Å². The zero-order valence-corrected chi connectivity index (χ0v) is 11.1. The Bertz CT molecular complexity index is 590. The summed E-state index contributed by atoms with van der Waals surface area (Å²) in [5.41, 5.74) is 0.838. The Morgan fingerprint density at radius 1 is 1.30 bits per heavy atom. The van der Waals surface area contributed by atoms with E-state index in [1.165, 1.54) is 31.4 Å². The molecule has 0 saturated carbocycles. The van der Waals surface area contributed by atoms with E-state index in [1.807, 2.05) is 0 Å². The maximum atomic E-state index is 12.2. The van der Waals surface area contributed by atoms with Crippen molar-refractivity contribution in [3.8, 4) is 11.5 Å². The number of nitrogens with one attached hydrogen (secondary N) is 2. The maximum Gasteiger partial charge on any atom is 0.387 e. The summed E-state index contributed by atoms with van der Waals surface area (Å²) in [6, 6.07) is 4.33. The minimum Gasteiger partial charge on any atom is -0.493 e. The highest BCUT2D eigenvalue weighted by Gasteiger charge is 2.20. The Hall–Kier alpha value is -2.22. The summed E-state index contributed by atoms with van der Waals surface area (Å²) < 4.78 is 33.7. The summed E-state index contributed by atoms with van der Waals surface area (Å²) in [5.74, 6) is -0.300. The molecule has 0 radical (unpaired) electrons. The molecule has 1 aliphatic rings. The SMILES string of the molecule is COc1cc(C=C2NC(=S)NC2=O)ccc1OC(F)F. The van der Waals surface area contributed by atoms with E-state index in [0.29, 0.717) is 5.56 Å². The molecule has 106 valence electrons. The molecule has 0 bridgehead atoms. The van der Waals surface area contributed by atoms with Gasteiger partial charge in [-0.05, 0) is 36.0 Å². The molecule has 5 nitrogen and oxygen atoms in total. The van der Waals surface area contributed by atoms with Gasteiger partial charge in [0.25, 0.3) is 5.91 Å². The van der Waals surface area contributed by atoms with E-state index < -0.39 is 6.61 Å². The highest BCUT2D eigenvalue weighted by Crippen LogP contribution is 2.30. The minimum atomic E-state index is -2.94.